The van der Waals surface area contributed by atoms with Crippen LogP contribution in [0.4, 0.5) is 20.2 Å². The normalized spacial score (nSPS) is 19.9. The monoisotopic (exact) mass is 287 g/mol. The second-order valence-corrected chi connectivity index (χ2v) is 4.65. The summed E-state index contributed by atoms with van der Waals surface area (Å²) in [5.74, 6) is -2.37. The predicted molar refractivity (Wildman–Crippen MR) is 68.7 cm³/mol. The molecule has 0 aliphatic carbocycles. The van der Waals surface area contributed by atoms with Crippen molar-refractivity contribution in [2.75, 3.05) is 38.6 Å². The van der Waals surface area contributed by atoms with Crippen LogP contribution in [0.15, 0.2) is 12.1 Å². The van der Waals surface area contributed by atoms with E-state index in [1.807, 2.05) is 11.9 Å². The lowest BCUT2D eigenvalue weighted by Crippen LogP contribution is -2.43. The maximum atomic E-state index is 13.7. The smallest absolute Gasteiger partial charge is 0.295 e. The number of benzene rings is 1. The first-order chi connectivity index (χ1) is 9.49. The molecular formula is C12H15F2N3O3. The van der Waals surface area contributed by atoms with Gasteiger partial charge >= 0.3 is 0 Å². The molecule has 0 saturated carbocycles. The molecule has 1 aromatic rings. The highest BCUT2D eigenvalue weighted by atomic mass is 19.2. The molecule has 20 heavy (non-hydrogen) atoms. The summed E-state index contributed by atoms with van der Waals surface area (Å²) in [5.41, 5.74) is -0.931. The van der Waals surface area contributed by atoms with Gasteiger partial charge in [-0.1, -0.05) is 0 Å². The molecular weight excluding hydrogens is 272 g/mol. The molecule has 1 N–H and O–H groups in total. The van der Waals surface area contributed by atoms with E-state index in [9.17, 15) is 18.9 Å². The van der Waals surface area contributed by atoms with Crippen LogP contribution in [0.3, 0.4) is 0 Å². The fraction of sp³-hybridized carbons (Fsp3) is 0.500. The number of morpholine rings is 1. The number of anilines is 1. The zero-order chi connectivity index (χ0) is 14.7. The highest BCUT2D eigenvalue weighted by Crippen LogP contribution is 2.29. The van der Waals surface area contributed by atoms with E-state index in [1.54, 1.807) is 0 Å². The lowest BCUT2D eigenvalue weighted by atomic mass is 10.2. The van der Waals surface area contributed by atoms with E-state index < -0.39 is 27.9 Å². The molecule has 1 aliphatic rings. The fourth-order valence-corrected chi connectivity index (χ4v) is 2.07. The quantitative estimate of drug-likeness (QED) is 0.673. The van der Waals surface area contributed by atoms with Crippen LogP contribution in [0.1, 0.15) is 0 Å². The third-order valence-electron chi connectivity index (χ3n) is 3.12. The van der Waals surface area contributed by atoms with Crippen LogP contribution in [0.5, 0.6) is 0 Å². The maximum Gasteiger partial charge on any atom is 0.295 e. The standard InChI is InChI=1S/C12H15F2N3O3/c1-16-4-5-20-8(7-16)6-15-12-10(17(18)19)3-2-9(13)11(12)14/h2-3,8,15H,4-7H2,1H3. The summed E-state index contributed by atoms with van der Waals surface area (Å²) in [6, 6.07) is 1.68. The van der Waals surface area contributed by atoms with Crippen LogP contribution in [-0.4, -0.2) is 49.2 Å². The van der Waals surface area contributed by atoms with Crippen LogP contribution >= 0.6 is 0 Å². The van der Waals surface area contributed by atoms with Crippen molar-refractivity contribution in [1.82, 2.24) is 4.90 Å². The molecule has 1 saturated heterocycles. The summed E-state index contributed by atoms with van der Waals surface area (Å²) in [6.07, 6.45) is -0.226. The molecule has 1 aliphatic heterocycles. The van der Waals surface area contributed by atoms with Crippen molar-refractivity contribution in [2.45, 2.75) is 6.10 Å². The van der Waals surface area contributed by atoms with Gasteiger partial charge < -0.3 is 15.0 Å². The third kappa shape index (κ3) is 3.20. The summed E-state index contributed by atoms with van der Waals surface area (Å²) in [7, 11) is 1.92. The molecule has 1 aromatic carbocycles. The van der Waals surface area contributed by atoms with Gasteiger partial charge in [0, 0.05) is 25.7 Å². The molecule has 1 fully saturated rings. The summed E-state index contributed by atoms with van der Waals surface area (Å²) < 4.78 is 32.3. The average Bonchev–Trinajstić information content (AvgIpc) is 2.40. The van der Waals surface area contributed by atoms with Crippen molar-refractivity contribution in [2.24, 2.45) is 0 Å². The van der Waals surface area contributed by atoms with Crippen molar-refractivity contribution in [3.8, 4) is 0 Å². The molecule has 110 valence electrons. The number of ether oxygens (including phenoxy) is 1. The fourth-order valence-electron chi connectivity index (χ4n) is 2.07. The molecule has 0 spiro atoms. The summed E-state index contributed by atoms with van der Waals surface area (Å²) in [5, 5.41) is 13.4. The molecule has 1 atom stereocenters. The average molecular weight is 287 g/mol. The minimum atomic E-state index is -1.25. The Hall–Kier alpha value is -1.80. The molecule has 6 nitrogen and oxygen atoms in total. The van der Waals surface area contributed by atoms with E-state index in [0.29, 0.717) is 13.2 Å². The number of hydrogen-bond acceptors (Lipinski definition) is 5. The van der Waals surface area contributed by atoms with Gasteiger partial charge in [0.2, 0.25) is 0 Å². The number of halogens is 2. The van der Waals surface area contributed by atoms with Crippen LogP contribution in [0.2, 0.25) is 0 Å². The highest BCUT2D eigenvalue weighted by Gasteiger charge is 2.24. The van der Waals surface area contributed by atoms with E-state index >= 15 is 0 Å². The minimum absolute atomic E-state index is 0.172. The van der Waals surface area contributed by atoms with E-state index in [-0.39, 0.29) is 12.6 Å². The Balaban J connectivity index is 2.12. The van der Waals surface area contributed by atoms with Gasteiger partial charge in [-0.2, -0.15) is 0 Å². The van der Waals surface area contributed by atoms with E-state index in [0.717, 1.165) is 18.7 Å². The topological polar surface area (TPSA) is 67.6 Å². The molecule has 1 heterocycles. The van der Waals surface area contributed by atoms with Crippen LogP contribution in [0.25, 0.3) is 0 Å². The predicted octanol–water partition coefficient (Wildman–Crippen LogP) is 1.62. The van der Waals surface area contributed by atoms with E-state index in [1.165, 1.54) is 0 Å². The second kappa shape index (κ2) is 6.10. The number of nitrogens with zero attached hydrogens (tertiary/aromatic N) is 2. The summed E-state index contributed by atoms with van der Waals surface area (Å²) in [4.78, 5) is 12.1. The number of nitro benzene ring substituents is 1. The molecule has 0 amide bonds. The Morgan fingerprint density at radius 3 is 2.95 bits per heavy atom. The number of hydrogen-bond donors (Lipinski definition) is 1. The van der Waals surface area contributed by atoms with Crippen LogP contribution < -0.4 is 5.32 Å². The highest BCUT2D eigenvalue weighted by molar-refractivity contribution is 5.62. The lowest BCUT2D eigenvalue weighted by molar-refractivity contribution is -0.384. The summed E-state index contributed by atoms with van der Waals surface area (Å²) >= 11 is 0. The molecule has 0 aromatic heterocycles. The van der Waals surface area contributed by atoms with Gasteiger partial charge in [-0.3, -0.25) is 10.1 Å². The number of rotatable bonds is 4. The Morgan fingerprint density at radius 1 is 1.55 bits per heavy atom. The van der Waals surface area contributed by atoms with Gasteiger partial charge in [0.25, 0.3) is 5.69 Å². The van der Waals surface area contributed by atoms with Crippen LogP contribution in [-0.2, 0) is 4.74 Å². The van der Waals surface area contributed by atoms with Crippen molar-refractivity contribution >= 4 is 11.4 Å². The lowest BCUT2D eigenvalue weighted by Gasteiger charge is -2.30. The zero-order valence-corrected chi connectivity index (χ0v) is 10.9. The van der Waals surface area contributed by atoms with Gasteiger partial charge in [0.05, 0.1) is 17.6 Å². The van der Waals surface area contributed by atoms with Crippen molar-refractivity contribution in [1.29, 1.82) is 0 Å². The van der Waals surface area contributed by atoms with Gasteiger partial charge in [0.1, 0.15) is 0 Å². The second-order valence-electron chi connectivity index (χ2n) is 4.65. The largest absolute Gasteiger partial charge is 0.374 e. The van der Waals surface area contributed by atoms with Crippen LogP contribution in [0, 0.1) is 21.7 Å². The number of nitro groups is 1. The van der Waals surface area contributed by atoms with Gasteiger partial charge in [-0.15, -0.1) is 0 Å². The SMILES string of the molecule is CN1CCOC(CNc2c([N+](=O)[O-])ccc(F)c2F)C1. The molecule has 1 unspecified atom stereocenters. The Labute approximate surface area is 114 Å². The molecule has 8 heteroatoms. The van der Waals surface area contributed by atoms with Gasteiger partial charge in [0.15, 0.2) is 17.3 Å². The first-order valence-electron chi connectivity index (χ1n) is 6.15. The molecule has 2 rings (SSSR count). The number of nitrogens with one attached hydrogen (secondary N) is 1. The van der Waals surface area contributed by atoms with Crippen molar-refractivity contribution < 1.29 is 18.4 Å². The number of likely N-dealkylation sites (N-methyl/N-ethyl adjacent to an activating group) is 1. The first kappa shape index (κ1) is 14.6. The maximum absolute atomic E-state index is 13.7. The first-order valence-corrected chi connectivity index (χ1v) is 6.15. The van der Waals surface area contributed by atoms with Crippen molar-refractivity contribution in [3.05, 3.63) is 33.9 Å². The van der Waals surface area contributed by atoms with Crippen molar-refractivity contribution in [3.63, 3.8) is 0 Å². The minimum Gasteiger partial charge on any atom is -0.374 e. The zero-order valence-electron chi connectivity index (χ0n) is 10.9. The summed E-state index contributed by atoms with van der Waals surface area (Å²) in [6.45, 7) is 2.13. The van der Waals surface area contributed by atoms with Gasteiger partial charge in [-0.05, 0) is 13.1 Å². The Morgan fingerprint density at radius 2 is 2.30 bits per heavy atom. The van der Waals surface area contributed by atoms with Gasteiger partial charge in [-0.25, -0.2) is 8.78 Å². The van der Waals surface area contributed by atoms with E-state index in [4.69, 9.17) is 4.74 Å². The molecule has 0 radical (unpaired) electrons. The third-order valence-corrected chi connectivity index (χ3v) is 3.12. The Bertz CT molecular complexity index is 513. The molecule has 0 bridgehead atoms. The van der Waals surface area contributed by atoms with E-state index in [2.05, 4.69) is 5.32 Å². The Kier molecular flexibility index (Phi) is 4.46.